The largest absolute Gasteiger partial charge is 0.550 e. The predicted molar refractivity (Wildman–Crippen MR) is 85.9 cm³/mol. The second-order valence-electron chi connectivity index (χ2n) is 5.55. The summed E-state index contributed by atoms with van der Waals surface area (Å²) < 4.78 is 0. The van der Waals surface area contributed by atoms with E-state index in [1.165, 1.54) is 0 Å². The van der Waals surface area contributed by atoms with Crippen molar-refractivity contribution in [1.29, 1.82) is 0 Å². The monoisotopic (exact) mass is 339 g/mol. The summed E-state index contributed by atoms with van der Waals surface area (Å²) in [5.74, 6) is -4.17. The van der Waals surface area contributed by atoms with Gasteiger partial charge in [0.25, 0.3) is 0 Å². The lowest BCUT2D eigenvalue weighted by atomic mass is 9.90. The second-order valence-corrected chi connectivity index (χ2v) is 5.55. The van der Waals surface area contributed by atoms with Crippen molar-refractivity contribution in [2.45, 2.75) is 24.8 Å². The standard InChI is InChI=1S/C19H19NO5/c21-16(22)12-11-15(19(24)25)20-18(23)17(13-7-3-1-4-8-13)14-9-5-2-6-10-14/h1-10,15,17H,11-12H2,(H,20,23)(H,21,22)(H,24,25)/p-2/t15-/m0/s1. The maximum Gasteiger partial charge on any atom is 0.232 e. The highest BCUT2D eigenvalue weighted by molar-refractivity contribution is 5.90. The van der Waals surface area contributed by atoms with E-state index in [0.29, 0.717) is 11.1 Å². The van der Waals surface area contributed by atoms with E-state index < -0.39 is 36.2 Å². The van der Waals surface area contributed by atoms with Gasteiger partial charge in [-0.3, -0.25) is 4.79 Å². The van der Waals surface area contributed by atoms with Crippen LogP contribution in [0.2, 0.25) is 0 Å². The molecule has 0 unspecified atom stereocenters. The van der Waals surface area contributed by atoms with E-state index >= 15 is 0 Å². The van der Waals surface area contributed by atoms with Crippen LogP contribution < -0.4 is 15.5 Å². The molecule has 0 fully saturated rings. The zero-order chi connectivity index (χ0) is 18.2. The second kappa shape index (κ2) is 8.63. The number of amides is 1. The Hall–Kier alpha value is -3.15. The van der Waals surface area contributed by atoms with Gasteiger partial charge in [0, 0.05) is 5.97 Å². The number of hydrogen-bond donors (Lipinski definition) is 1. The molecule has 2 aromatic rings. The number of carboxylic acids is 2. The average molecular weight is 339 g/mol. The van der Waals surface area contributed by atoms with Crippen LogP contribution in [-0.4, -0.2) is 23.9 Å². The minimum Gasteiger partial charge on any atom is -0.550 e. The lowest BCUT2D eigenvalue weighted by Gasteiger charge is -2.24. The molecule has 0 aromatic heterocycles. The summed E-state index contributed by atoms with van der Waals surface area (Å²) in [5, 5.41) is 24.1. The Morgan fingerprint density at radius 2 is 1.32 bits per heavy atom. The first kappa shape index (κ1) is 18.2. The summed E-state index contributed by atoms with van der Waals surface area (Å²) in [6.45, 7) is 0. The van der Waals surface area contributed by atoms with Crippen molar-refractivity contribution in [2.75, 3.05) is 0 Å². The molecule has 1 atom stereocenters. The zero-order valence-electron chi connectivity index (χ0n) is 13.4. The fraction of sp³-hybridized carbons (Fsp3) is 0.211. The van der Waals surface area contributed by atoms with Gasteiger partial charge in [-0.1, -0.05) is 60.7 Å². The SMILES string of the molecule is O=C([O-])CC[C@H](NC(=O)C(c1ccccc1)c1ccccc1)C(=O)[O-]. The summed E-state index contributed by atoms with van der Waals surface area (Å²) >= 11 is 0. The van der Waals surface area contributed by atoms with Crippen LogP contribution in [0.3, 0.4) is 0 Å². The topological polar surface area (TPSA) is 109 Å². The van der Waals surface area contributed by atoms with Crippen LogP contribution >= 0.6 is 0 Å². The normalized spacial score (nSPS) is 11.7. The lowest BCUT2D eigenvalue weighted by Crippen LogP contribution is -2.49. The van der Waals surface area contributed by atoms with Gasteiger partial charge in [-0.2, -0.15) is 0 Å². The van der Waals surface area contributed by atoms with E-state index in [4.69, 9.17) is 0 Å². The maximum atomic E-state index is 12.7. The molecule has 130 valence electrons. The van der Waals surface area contributed by atoms with Gasteiger partial charge < -0.3 is 25.1 Å². The molecule has 0 saturated carbocycles. The number of hydrogen-bond acceptors (Lipinski definition) is 5. The van der Waals surface area contributed by atoms with E-state index in [0.717, 1.165) is 0 Å². The number of carbonyl (C=O) groups excluding carboxylic acids is 3. The fourth-order valence-corrected chi connectivity index (χ4v) is 2.55. The van der Waals surface area contributed by atoms with Crippen LogP contribution in [-0.2, 0) is 14.4 Å². The Morgan fingerprint density at radius 1 is 0.840 bits per heavy atom. The molecule has 0 bridgehead atoms. The van der Waals surface area contributed by atoms with Gasteiger partial charge in [-0.15, -0.1) is 0 Å². The summed E-state index contributed by atoms with van der Waals surface area (Å²) in [6, 6.07) is 16.4. The van der Waals surface area contributed by atoms with Crippen LogP contribution in [0.1, 0.15) is 29.9 Å². The van der Waals surface area contributed by atoms with Crippen LogP contribution in [0.15, 0.2) is 60.7 Å². The molecule has 25 heavy (non-hydrogen) atoms. The Labute approximate surface area is 145 Å². The van der Waals surface area contributed by atoms with Crippen LogP contribution in [0.25, 0.3) is 0 Å². The molecule has 0 aliphatic heterocycles. The molecule has 0 saturated heterocycles. The van der Waals surface area contributed by atoms with Crippen molar-refractivity contribution in [3.63, 3.8) is 0 Å². The highest BCUT2D eigenvalue weighted by Gasteiger charge is 2.25. The van der Waals surface area contributed by atoms with Crippen LogP contribution in [0, 0.1) is 0 Å². The van der Waals surface area contributed by atoms with E-state index in [1.807, 2.05) is 12.1 Å². The van der Waals surface area contributed by atoms with Gasteiger partial charge in [-0.25, -0.2) is 0 Å². The highest BCUT2D eigenvalue weighted by atomic mass is 16.4. The minimum absolute atomic E-state index is 0.299. The highest BCUT2D eigenvalue weighted by Crippen LogP contribution is 2.25. The summed E-state index contributed by atoms with van der Waals surface area (Å²) in [7, 11) is 0. The number of rotatable bonds is 8. The molecule has 6 heteroatoms. The van der Waals surface area contributed by atoms with Crippen molar-refractivity contribution < 1.29 is 24.6 Å². The molecule has 1 N–H and O–H groups in total. The molecule has 2 rings (SSSR count). The van der Waals surface area contributed by atoms with E-state index in [9.17, 15) is 24.6 Å². The Morgan fingerprint density at radius 3 is 1.72 bits per heavy atom. The first-order valence-corrected chi connectivity index (χ1v) is 7.80. The van der Waals surface area contributed by atoms with Crippen LogP contribution in [0.5, 0.6) is 0 Å². The molecular weight excluding hydrogens is 322 g/mol. The third-order valence-corrected chi connectivity index (χ3v) is 3.77. The van der Waals surface area contributed by atoms with Crippen molar-refractivity contribution in [3.05, 3.63) is 71.8 Å². The Balaban J connectivity index is 2.26. The number of nitrogens with one attached hydrogen (secondary N) is 1. The van der Waals surface area contributed by atoms with Gasteiger partial charge in [0.05, 0.1) is 17.9 Å². The van der Waals surface area contributed by atoms with Crippen LogP contribution in [0.4, 0.5) is 0 Å². The number of carbonyl (C=O) groups is 3. The number of benzene rings is 2. The van der Waals surface area contributed by atoms with Crippen molar-refractivity contribution >= 4 is 17.8 Å². The zero-order valence-corrected chi connectivity index (χ0v) is 13.4. The minimum atomic E-state index is -1.53. The third kappa shape index (κ3) is 5.17. The van der Waals surface area contributed by atoms with Gasteiger partial charge in [0.15, 0.2) is 0 Å². The van der Waals surface area contributed by atoms with Gasteiger partial charge >= 0.3 is 0 Å². The first-order valence-electron chi connectivity index (χ1n) is 7.80. The molecule has 0 heterocycles. The summed E-state index contributed by atoms with van der Waals surface area (Å²) in [5.41, 5.74) is 1.39. The lowest BCUT2D eigenvalue weighted by molar-refractivity contribution is -0.310. The summed E-state index contributed by atoms with van der Waals surface area (Å²) in [6.07, 6.45) is -0.785. The maximum absolute atomic E-state index is 12.7. The fourth-order valence-electron chi connectivity index (χ4n) is 2.55. The van der Waals surface area contributed by atoms with Crippen molar-refractivity contribution in [1.82, 2.24) is 5.32 Å². The molecule has 0 radical (unpaired) electrons. The molecule has 1 amide bonds. The van der Waals surface area contributed by atoms with E-state index in [1.54, 1.807) is 48.5 Å². The third-order valence-electron chi connectivity index (χ3n) is 3.77. The summed E-state index contributed by atoms with van der Waals surface area (Å²) in [4.78, 5) is 34.5. The Bertz CT molecular complexity index is 690. The van der Waals surface area contributed by atoms with Gasteiger partial charge in [0.1, 0.15) is 0 Å². The van der Waals surface area contributed by atoms with Crippen molar-refractivity contribution in [2.24, 2.45) is 0 Å². The predicted octanol–water partition coefficient (Wildman–Crippen LogP) is -0.417. The molecule has 0 aliphatic rings. The Kier molecular flexibility index (Phi) is 6.28. The average Bonchev–Trinajstić information content (AvgIpc) is 2.60. The van der Waals surface area contributed by atoms with E-state index in [2.05, 4.69) is 5.32 Å². The van der Waals surface area contributed by atoms with Crippen molar-refractivity contribution in [3.8, 4) is 0 Å². The quantitative estimate of drug-likeness (QED) is 0.703. The molecule has 6 nitrogen and oxygen atoms in total. The smallest absolute Gasteiger partial charge is 0.232 e. The molecule has 2 aromatic carbocycles. The first-order chi connectivity index (χ1) is 12.0. The molecular formula is C19H17NO5-2. The number of carboxylic acid groups (broad SMARTS) is 2. The van der Waals surface area contributed by atoms with Gasteiger partial charge in [0.2, 0.25) is 5.91 Å². The van der Waals surface area contributed by atoms with Gasteiger partial charge in [-0.05, 0) is 24.0 Å². The van der Waals surface area contributed by atoms with E-state index in [-0.39, 0.29) is 6.42 Å². The number of aliphatic carboxylic acids is 2. The molecule has 0 aliphatic carbocycles. The molecule has 0 spiro atoms.